The summed E-state index contributed by atoms with van der Waals surface area (Å²) in [4.78, 5) is 12.9. The number of carbonyl (C=O) groups excluding carboxylic acids is 1. The van der Waals surface area contributed by atoms with Crippen LogP contribution in [0.2, 0.25) is 0 Å². The summed E-state index contributed by atoms with van der Waals surface area (Å²) in [5, 5.41) is 16.9. The smallest absolute Gasteiger partial charge is 0.257 e. The van der Waals surface area contributed by atoms with Crippen molar-refractivity contribution in [1.29, 1.82) is 0 Å². The number of nitrogens with zero attached hydrogens (tertiary/aromatic N) is 2. The third kappa shape index (κ3) is 8.47. The number of pyridine rings is 1. The maximum absolute atomic E-state index is 12.9. The molecule has 0 unspecified atom stereocenters. The van der Waals surface area contributed by atoms with Gasteiger partial charge in [-0.25, -0.2) is 4.57 Å². The molecule has 5 heteroatoms. The van der Waals surface area contributed by atoms with Gasteiger partial charge in [-0.05, 0) is 53.0 Å². The lowest BCUT2D eigenvalue weighted by molar-refractivity contribution is -0.697. The average molecular weight is 446 g/mol. The van der Waals surface area contributed by atoms with Crippen LogP contribution < -0.4 is 9.88 Å². The van der Waals surface area contributed by atoms with Crippen molar-refractivity contribution in [3.8, 4) is 0 Å². The number of amides is 1. The van der Waals surface area contributed by atoms with Gasteiger partial charge in [0.05, 0.1) is 0 Å². The predicted octanol–water partition coefficient (Wildman–Crippen LogP) is 5.99. The van der Waals surface area contributed by atoms with Crippen LogP contribution in [-0.2, 0) is 11.8 Å². The highest BCUT2D eigenvalue weighted by Crippen LogP contribution is 2.37. The molecule has 0 atom stereocenters. The van der Waals surface area contributed by atoms with Crippen molar-refractivity contribution in [3.05, 3.63) is 30.1 Å². The van der Waals surface area contributed by atoms with Gasteiger partial charge in [0.2, 0.25) is 0 Å². The molecule has 181 valence electrons. The molecule has 1 saturated heterocycles. The second kappa shape index (κ2) is 12.7. The summed E-state index contributed by atoms with van der Waals surface area (Å²) in [5.41, 5.74) is -0.267. The lowest BCUT2D eigenvalue weighted by Crippen LogP contribution is -2.62. The van der Waals surface area contributed by atoms with Gasteiger partial charge < -0.3 is 5.32 Å². The molecule has 0 aliphatic carbocycles. The Morgan fingerprint density at radius 3 is 2.06 bits per heavy atom. The molecule has 1 aromatic heterocycles. The third-order valence-corrected chi connectivity index (χ3v) is 6.82. The second-order valence-corrected chi connectivity index (χ2v) is 11.0. The quantitative estimate of drug-likeness (QED) is 0.299. The minimum Gasteiger partial charge on any atom is -0.349 e. The number of hydrogen-bond acceptors (Lipinski definition) is 2. The molecular formula is C27H47N3O2+. The van der Waals surface area contributed by atoms with E-state index in [2.05, 4.69) is 16.8 Å². The molecule has 0 bridgehead atoms. The highest BCUT2D eigenvalue weighted by atomic mass is 16.5. The zero-order valence-electron chi connectivity index (χ0n) is 21.3. The first kappa shape index (κ1) is 26.8. The Balaban J connectivity index is 1.73. The van der Waals surface area contributed by atoms with Crippen LogP contribution in [0, 0.1) is 0 Å². The SMILES string of the molecule is CCCCCCCCCCCC[n+]1cccc(C(=O)NC2CC(C)(C)N([O])C(C)(C)C2)c1. The van der Waals surface area contributed by atoms with E-state index in [0.717, 1.165) is 13.0 Å². The first-order valence-corrected chi connectivity index (χ1v) is 12.9. The number of hydrogen-bond donors (Lipinski definition) is 1. The van der Waals surface area contributed by atoms with E-state index in [-0.39, 0.29) is 11.9 Å². The number of nitrogens with one attached hydrogen (secondary N) is 1. The summed E-state index contributed by atoms with van der Waals surface area (Å²) < 4.78 is 2.13. The van der Waals surface area contributed by atoms with Gasteiger partial charge in [-0.3, -0.25) is 4.79 Å². The van der Waals surface area contributed by atoms with E-state index < -0.39 is 11.1 Å². The van der Waals surface area contributed by atoms with Crippen LogP contribution in [0.25, 0.3) is 0 Å². The topological polar surface area (TPSA) is 56.1 Å². The van der Waals surface area contributed by atoms with Gasteiger partial charge in [-0.1, -0.05) is 58.3 Å². The number of piperidine rings is 1. The molecule has 1 radical (unpaired) electrons. The maximum Gasteiger partial charge on any atom is 0.257 e. The van der Waals surface area contributed by atoms with Crippen molar-refractivity contribution in [2.75, 3.05) is 0 Å². The van der Waals surface area contributed by atoms with Crippen molar-refractivity contribution in [3.63, 3.8) is 0 Å². The number of aryl methyl sites for hydroxylation is 1. The van der Waals surface area contributed by atoms with Gasteiger partial charge in [-0.15, -0.1) is 10.3 Å². The molecule has 0 spiro atoms. The first-order chi connectivity index (χ1) is 15.2. The second-order valence-electron chi connectivity index (χ2n) is 11.0. The lowest BCUT2D eigenvalue weighted by Gasteiger charge is -2.49. The molecule has 2 rings (SSSR count). The lowest BCUT2D eigenvalue weighted by atomic mass is 9.79. The minimum atomic E-state index is -0.480. The fraction of sp³-hybridized carbons (Fsp3) is 0.778. The molecule has 2 heterocycles. The average Bonchev–Trinajstić information content (AvgIpc) is 2.73. The van der Waals surface area contributed by atoms with Gasteiger partial charge in [0.25, 0.3) is 5.91 Å². The summed E-state index contributed by atoms with van der Waals surface area (Å²) in [6.45, 7) is 11.1. The molecule has 1 N–H and O–H groups in total. The van der Waals surface area contributed by atoms with Gasteiger partial charge >= 0.3 is 0 Å². The van der Waals surface area contributed by atoms with E-state index in [1.807, 2.05) is 52.2 Å². The predicted molar refractivity (Wildman–Crippen MR) is 130 cm³/mol. The van der Waals surface area contributed by atoms with E-state index in [0.29, 0.717) is 18.4 Å². The van der Waals surface area contributed by atoms with E-state index in [4.69, 9.17) is 0 Å². The van der Waals surface area contributed by atoms with Crippen LogP contribution in [0.1, 0.15) is 122 Å². The zero-order chi connectivity index (χ0) is 23.6. The highest BCUT2D eigenvalue weighted by molar-refractivity contribution is 5.93. The van der Waals surface area contributed by atoms with Gasteiger partial charge in [0, 0.05) is 29.6 Å². The molecule has 32 heavy (non-hydrogen) atoms. The van der Waals surface area contributed by atoms with Crippen molar-refractivity contribution in [1.82, 2.24) is 10.4 Å². The third-order valence-electron chi connectivity index (χ3n) is 6.82. The normalized spacial score (nSPS) is 18.6. The zero-order valence-corrected chi connectivity index (χ0v) is 21.3. The molecule has 0 aromatic carbocycles. The van der Waals surface area contributed by atoms with Crippen molar-refractivity contribution in [2.24, 2.45) is 0 Å². The van der Waals surface area contributed by atoms with Crippen molar-refractivity contribution < 1.29 is 14.6 Å². The first-order valence-electron chi connectivity index (χ1n) is 12.9. The Morgan fingerprint density at radius 2 is 1.50 bits per heavy atom. The van der Waals surface area contributed by atoms with Gasteiger partial charge in [0.1, 0.15) is 12.1 Å². The van der Waals surface area contributed by atoms with Crippen LogP contribution in [0.4, 0.5) is 0 Å². The fourth-order valence-corrected chi connectivity index (χ4v) is 5.21. The van der Waals surface area contributed by atoms with Crippen LogP contribution in [-0.4, -0.2) is 28.1 Å². The van der Waals surface area contributed by atoms with Crippen molar-refractivity contribution in [2.45, 2.75) is 135 Å². The molecule has 5 nitrogen and oxygen atoms in total. The number of hydroxylamine groups is 2. The summed E-state index contributed by atoms with van der Waals surface area (Å²) in [6, 6.07) is 3.84. The van der Waals surface area contributed by atoms with E-state index >= 15 is 0 Å². The van der Waals surface area contributed by atoms with Crippen LogP contribution in [0.15, 0.2) is 24.5 Å². The standard InChI is InChI=1S/C27H46N3O2/c1-6-7-8-9-10-11-12-13-14-15-18-29-19-16-17-23(22-29)25(31)28-24-20-26(2,3)30(32)27(4,5)21-24/h16-17,19,22,24H,6-15,18,20-21H2,1-5H3/p+1. The molecule has 1 amide bonds. The molecule has 0 saturated carbocycles. The van der Waals surface area contributed by atoms with Gasteiger partial charge in [0.15, 0.2) is 12.4 Å². The summed E-state index contributed by atoms with van der Waals surface area (Å²) >= 11 is 0. The van der Waals surface area contributed by atoms with E-state index in [9.17, 15) is 10.0 Å². The Kier molecular flexibility index (Phi) is 10.6. The minimum absolute atomic E-state index is 0.00771. The van der Waals surface area contributed by atoms with E-state index in [1.165, 1.54) is 62.9 Å². The number of rotatable bonds is 13. The number of aromatic nitrogens is 1. The molecule has 1 aliphatic rings. The van der Waals surface area contributed by atoms with Crippen LogP contribution >= 0.6 is 0 Å². The number of unbranched alkanes of at least 4 members (excludes halogenated alkanes) is 9. The van der Waals surface area contributed by atoms with Crippen LogP contribution in [0.3, 0.4) is 0 Å². The molecular weight excluding hydrogens is 398 g/mol. The number of carbonyl (C=O) groups is 1. The maximum atomic E-state index is 12.9. The molecule has 1 aliphatic heterocycles. The largest absolute Gasteiger partial charge is 0.349 e. The highest BCUT2D eigenvalue weighted by Gasteiger charge is 2.46. The summed E-state index contributed by atoms with van der Waals surface area (Å²) in [7, 11) is 0. The summed E-state index contributed by atoms with van der Waals surface area (Å²) in [6.07, 6.45) is 18.6. The molecule has 1 fully saturated rings. The fourth-order valence-electron chi connectivity index (χ4n) is 5.21. The Hall–Kier alpha value is -1.46. The Bertz CT molecular complexity index is 684. The van der Waals surface area contributed by atoms with Gasteiger partial charge in [-0.2, -0.15) is 0 Å². The molecule has 1 aromatic rings. The monoisotopic (exact) mass is 445 g/mol. The van der Waals surface area contributed by atoms with Crippen LogP contribution in [0.5, 0.6) is 0 Å². The van der Waals surface area contributed by atoms with E-state index in [1.54, 1.807) is 0 Å². The summed E-state index contributed by atoms with van der Waals surface area (Å²) in [5.74, 6) is -0.0432. The Labute approximate surface area is 196 Å². The van der Waals surface area contributed by atoms with Crippen molar-refractivity contribution >= 4 is 5.91 Å². The Morgan fingerprint density at radius 1 is 0.969 bits per heavy atom.